The first kappa shape index (κ1) is 20.1. The van der Waals surface area contributed by atoms with Crippen molar-refractivity contribution in [1.82, 2.24) is 9.21 Å². The predicted molar refractivity (Wildman–Crippen MR) is 92.6 cm³/mol. The van der Waals surface area contributed by atoms with Crippen molar-refractivity contribution < 1.29 is 26.4 Å². The fourth-order valence-corrected chi connectivity index (χ4v) is 4.81. The summed E-state index contributed by atoms with van der Waals surface area (Å²) in [5, 5.41) is 0. The monoisotopic (exact) mass is 405 g/mol. The lowest BCUT2D eigenvalue weighted by Crippen LogP contribution is -2.43. The Morgan fingerprint density at radius 1 is 1.22 bits per heavy atom. The Morgan fingerprint density at radius 2 is 1.89 bits per heavy atom. The Balaban J connectivity index is 1.61. The number of rotatable bonds is 5. The third-order valence-corrected chi connectivity index (χ3v) is 6.55. The normalized spacial score (nSPS) is 24.3. The summed E-state index contributed by atoms with van der Waals surface area (Å²) < 4.78 is 64.8. The molecule has 3 atom stereocenters. The van der Waals surface area contributed by atoms with Crippen LogP contribution in [0.4, 0.5) is 13.2 Å². The van der Waals surface area contributed by atoms with Crippen molar-refractivity contribution in [2.75, 3.05) is 25.9 Å². The van der Waals surface area contributed by atoms with E-state index in [4.69, 9.17) is 5.73 Å². The molecule has 27 heavy (non-hydrogen) atoms. The van der Waals surface area contributed by atoms with E-state index in [1.807, 2.05) is 0 Å². The van der Waals surface area contributed by atoms with Gasteiger partial charge in [-0.3, -0.25) is 4.79 Å². The quantitative estimate of drug-likeness (QED) is 0.737. The number of halogens is 3. The first-order valence-electron chi connectivity index (χ1n) is 8.70. The summed E-state index contributed by atoms with van der Waals surface area (Å²) in [6, 6.07) is 0.271. The molecule has 2 saturated heterocycles. The standard InChI is InChI=1S/C17H22F3N3O3S/c1-27(25,26)22-8-10-2-3-23(16(10)9-22)17(24)6-12(21)4-11-5-14(19)15(20)7-13(11)18/h5,7,10,12,16H,2-4,6,8-9,21H2,1H3/t10-,12?,16+/m0/s1. The molecule has 0 aromatic heterocycles. The van der Waals surface area contributed by atoms with Gasteiger partial charge in [-0.15, -0.1) is 0 Å². The molecule has 0 bridgehead atoms. The maximum Gasteiger partial charge on any atom is 0.224 e. The van der Waals surface area contributed by atoms with E-state index in [2.05, 4.69) is 0 Å². The van der Waals surface area contributed by atoms with Crippen LogP contribution in [0.15, 0.2) is 12.1 Å². The molecule has 0 radical (unpaired) electrons. The lowest BCUT2D eigenvalue weighted by Gasteiger charge is -2.26. The van der Waals surface area contributed by atoms with Crippen LogP contribution >= 0.6 is 0 Å². The van der Waals surface area contributed by atoms with E-state index in [1.54, 1.807) is 4.90 Å². The molecular formula is C17H22F3N3O3S. The van der Waals surface area contributed by atoms with Gasteiger partial charge in [0.05, 0.1) is 6.26 Å². The van der Waals surface area contributed by atoms with E-state index in [-0.39, 0.29) is 42.8 Å². The van der Waals surface area contributed by atoms with Crippen LogP contribution in [-0.2, 0) is 21.2 Å². The third kappa shape index (κ3) is 4.27. The number of nitrogens with zero attached hydrogens (tertiary/aromatic N) is 2. The number of carbonyl (C=O) groups is 1. The molecule has 6 nitrogen and oxygen atoms in total. The third-order valence-electron chi connectivity index (χ3n) is 5.31. The highest BCUT2D eigenvalue weighted by molar-refractivity contribution is 7.88. The van der Waals surface area contributed by atoms with Gasteiger partial charge in [-0.1, -0.05) is 0 Å². The topological polar surface area (TPSA) is 83.7 Å². The lowest BCUT2D eigenvalue weighted by molar-refractivity contribution is -0.132. The van der Waals surface area contributed by atoms with Gasteiger partial charge in [0.1, 0.15) is 5.82 Å². The van der Waals surface area contributed by atoms with Gasteiger partial charge in [0.25, 0.3) is 0 Å². The van der Waals surface area contributed by atoms with E-state index in [0.717, 1.165) is 18.7 Å². The second-order valence-electron chi connectivity index (χ2n) is 7.31. The summed E-state index contributed by atoms with van der Waals surface area (Å²) in [5.41, 5.74) is 5.84. The van der Waals surface area contributed by atoms with E-state index < -0.39 is 33.5 Å². The van der Waals surface area contributed by atoms with Crippen LogP contribution in [0.3, 0.4) is 0 Å². The number of sulfonamides is 1. The van der Waals surface area contributed by atoms with E-state index in [1.165, 1.54) is 4.31 Å². The number of likely N-dealkylation sites (tertiary alicyclic amines) is 1. The Hall–Kier alpha value is -1.65. The van der Waals surface area contributed by atoms with E-state index in [9.17, 15) is 26.4 Å². The van der Waals surface area contributed by atoms with Crippen molar-refractivity contribution in [1.29, 1.82) is 0 Å². The zero-order valence-corrected chi connectivity index (χ0v) is 15.7. The second kappa shape index (κ2) is 7.40. The number of benzene rings is 1. The van der Waals surface area contributed by atoms with E-state index in [0.29, 0.717) is 19.2 Å². The number of hydrogen-bond acceptors (Lipinski definition) is 4. The number of hydrogen-bond donors (Lipinski definition) is 1. The van der Waals surface area contributed by atoms with Gasteiger partial charge in [-0.05, 0) is 30.4 Å². The molecular weight excluding hydrogens is 383 g/mol. The summed E-state index contributed by atoms with van der Waals surface area (Å²) in [6.07, 6.45) is 1.68. The smallest absolute Gasteiger partial charge is 0.224 e. The molecule has 2 N–H and O–H groups in total. The molecule has 0 spiro atoms. The fourth-order valence-electron chi connectivity index (χ4n) is 3.92. The Kier molecular flexibility index (Phi) is 5.51. The van der Waals surface area contributed by atoms with Crippen LogP contribution in [0, 0.1) is 23.4 Å². The van der Waals surface area contributed by atoms with Crippen molar-refractivity contribution in [2.24, 2.45) is 11.7 Å². The molecule has 1 aromatic carbocycles. The van der Waals surface area contributed by atoms with Crippen LogP contribution in [0.25, 0.3) is 0 Å². The fraction of sp³-hybridized carbons (Fsp3) is 0.588. The first-order chi connectivity index (χ1) is 12.6. The minimum Gasteiger partial charge on any atom is -0.338 e. The molecule has 2 aliphatic rings. The predicted octanol–water partition coefficient (Wildman–Crippen LogP) is 0.856. The van der Waals surface area contributed by atoms with Gasteiger partial charge in [0.15, 0.2) is 11.6 Å². The lowest BCUT2D eigenvalue weighted by atomic mass is 10.0. The van der Waals surface area contributed by atoms with Crippen molar-refractivity contribution in [3.05, 3.63) is 35.1 Å². The van der Waals surface area contributed by atoms with Crippen molar-refractivity contribution >= 4 is 15.9 Å². The molecule has 1 amide bonds. The summed E-state index contributed by atoms with van der Waals surface area (Å²) in [4.78, 5) is 14.2. The van der Waals surface area contributed by atoms with Gasteiger partial charge in [-0.25, -0.2) is 21.6 Å². The van der Waals surface area contributed by atoms with Gasteiger partial charge >= 0.3 is 0 Å². The maximum absolute atomic E-state index is 13.7. The van der Waals surface area contributed by atoms with Crippen molar-refractivity contribution in [2.45, 2.75) is 31.3 Å². The SMILES string of the molecule is CS(=O)(=O)N1C[C@@H]2CCN(C(=O)CC(N)Cc3cc(F)c(F)cc3F)[C@@H]2C1. The molecule has 10 heteroatoms. The highest BCUT2D eigenvalue weighted by Gasteiger charge is 2.45. The molecule has 2 fully saturated rings. The number of amides is 1. The van der Waals surface area contributed by atoms with Gasteiger partial charge in [0, 0.05) is 44.2 Å². The molecule has 0 saturated carbocycles. The van der Waals surface area contributed by atoms with Crippen LogP contribution < -0.4 is 5.73 Å². The minimum atomic E-state index is -3.31. The molecule has 2 aliphatic heterocycles. The maximum atomic E-state index is 13.7. The first-order valence-corrected chi connectivity index (χ1v) is 10.5. The number of carbonyl (C=O) groups excluding carboxylic acids is 1. The zero-order chi connectivity index (χ0) is 19.9. The summed E-state index contributed by atoms with van der Waals surface area (Å²) in [7, 11) is -3.31. The van der Waals surface area contributed by atoms with Crippen LogP contribution in [-0.4, -0.2) is 61.5 Å². The molecule has 1 unspecified atom stereocenters. The highest BCUT2D eigenvalue weighted by atomic mass is 32.2. The highest BCUT2D eigenvalue weighted by Crippen LogP contribution is 2.33. The summed E-state index contributed by atoms with van der Waals surface area (Å²) in [5.74, 6) is -3.49. The summed E-state index contributed by atoms with van der Waals surface area (Å²) >= 11 is 0. The van der Waals surface area contributed by atoms with E-state index >= 15 is 0 Å². The Labute approximate surface area is 156 Å². The van der Waals surface area contributed by atoms with Crippen LogP contribution in [0.2, 0.25) is 0 Å². The Bertz CT molecular complexity index is 849. The minimum absolute atomic E-state index is 0.0828. The van der Waals surface area contributed by atoms with Crippen LogP contribution in [0.5, 0.6) is 0 Å². The average molecular weight is 405 g/mol. The van der Waals surface area contributed by atoms with Crippen molar-refractivity contribution in [3.63, 3.8) is 0 Å². The van der Waals surface area contributed by atoms with Gasteiger partial charge in [0.2, 0.25) is 15.9 Å². The number of nitrogens with two attached hydrogens (primary N) is 1. The van der Waals surface area contributed by atoms with Gasteiger partial charge in [-0.2, -0.15) is 4.31 Å². The largest absolute Gasteiger partial charge is 0.338 e. The Morgan fingerprint density at radius 3 is 2.56 bits per heavy atom. The number of fused-ring (bicyclic) bond motifs is 1. The second-order valence-corrected chi connectivity index (χ2v) is 9.29. The molecule has 1 aromatic rings. The van der Waals surface area contributed by atoms with Crippen molar-refractivity contribution in [3.8, 4) is 0 Å². The molecule has 0 aliphatic carbocycles. The zero-order valence-electron chi connectivity index (χ0n) is 14.9. The average Bonchev–Trinajstić information content (AvgIpc) is 3.12. The molecule has 2 heterocycles. The summed E-state index contributed by atoms with van der Waals surface area (Å²) in [6.45, 7) is 1.19. The molecule has 3 rings (SSSR count). The molecule has 150 valence electrons. The van der Waals surface area contributed by atoms with Gasteiger partial charge < -0.3 is 10.6 Å². The van der Waals surface area contributed by atoms with Crippen LogP contribution in [0.1, 0.15) is 18.4 Å².